The normalized spacial score (nSPS) is 19.7. The zero-order valence-corrected chi connectivity index (χ0v) is 17.9. The number of likely N-dealkylation sites (tertiary alicyclic amines) is 1. The number of aromatic nitrogens is 1. The second-order valence-corrected chi connectivity index (χ2v) is 8.44. The number of aliphatic hydroxyl groups is 3. The molecule has 1 aromatic heterocycles. The van der Waals surface area contributed by atoms with Gasteiger partial charge in [0.05, 0.1) is 18.2 Å². The Morgan fingerprint density at radius 3 is 2.45 bits per heavy atom. The van der Waals surface area contributed by atoms with Gasteiger partial charge in [-0.3, -0.25) is 9.59 Å². The summed E-state index contributed by atoms with van der Waals surface area (Å²) in [5.41, 5.74) is 1.83. The van der Waals surface area contributed by atoms with E-state index < -0.39 is 36.2 Å². The molecule has 0 spiro atoms. The molecular weight excluding hydrogens is 446 g/mol. The highest BCUT2D eigenvalue weighted by atomic mass is 35.5. The second kappa shape index (κ2) is 10.4. The third kappa shape index (κ3) is 5.54. The minimum absolute atomic E-state index is 0. The molecule has 4 rings (SSSR count). The lowest BCUT2D eigenvalue weighted by Crippen LogP contribution is -2.52. The number of hydrogen-bond donors (Lipinski definition) is 5. The van der Waals surface area contributed by atoms with Crippen molar-refractivity contribution in [2.75, 3.05) is 13.1 Å². The van der Waals surface area contributed by atoms with E-state index in [-0.39, 0.29) is 35.5 Å². The maximum absolute atomic E-state index is 13.0. The third-order valence-electron chi connectivity index (χ3n) is 5.65. The first-order chi connectivity index (χ1) is 15.3. The molecule has 2 heterocycles. The van der Waals surface area contributed by atoms with Crippen LogP contribution in [0.1, 0.15) is 26.3 Å². The van der Waals surface area contributed by atoms with E-state index in [2.05, 4.69) is 10.3 Å². The molecular formula is C24H32ClN3O5. The molecule has 1 aliphatic heterocycles. The van der Waals surface area contributed by atoms with Crippen molar-refractivity contribution in [3.05, 3.63) is 70.9 Å². The number of fused-ring (bicyclic) bond motifs is 1. The van der Waals surface area contributed by atoms with Gasteiger partial charge in [0, 0.05) is 31.9 Å². The topological polar surface area (TPSA) is 126 Å². The number of β-amino-alcohol motifs (C(OH)–C–C–N with tert-alkyl or cyclic N) is 2. The van der Waals surface area contributed by atoms with Gasteiger partial charge in [0.25, 0.3) is 11.8 Å². The van der Waals surface area contributed by atoms with Crippen molar-refractivity contribution in [3.8, 4) is 0 Å². The van der Waals surface area contributed by atoms with Crippen LogP contribution >= 0.6 is 11.6 Å². The summed E-state index contributed by atoms with van der Waals surface area (Å²) in [5, 5.41) is 34.4. The van der Waals surface area contributed by atoms with Crippen LogP contribution in [0.3, 0.4) is 0 Å². The average Bonchev–Trinajstić information content (AvgIpc) is 3.35. The molecule has 1 saturated heterocycles. The molecule has 1 fully saturated rings. The van der Waals surface area contributed by atoms with Gasteiger partial charge in [0.15, 0.2) is 6.10 Å². The van der Waals surface area contributed by atoms with E-state index in [1.807, 2.05) is 30.3 Å². The molecule has 5 N–H and O–H groups in total. The molecule has 33 heavy (non-hydrogen) atoms. The zero-order chi connectivity index (χ0) is 22.8. The lowest BCUT2D eigenvalue weighted by molar-refractivity contribution is -0.141. The monoisotopic (exact) mass is 477 g/mol. The SMILES string of the molecule is C.O=C(N[C@@H](Cc1ccccc1)[C@@H](O)C(=O)N1C[C@@H](O)[C@@H](O)C1)c1cc2cc(Cl)ccc2[nH]1.[HH].[HH]. The number of aliphatic hydroxyl groups excluding tert-OH is 3. The molecule has 2 aromatic carbocycles. The quantitative estimate of drug-likeness (QED) is 0.372. The number of hydrogen-bond acceptors (Lipinski definition) is 5. The summed E-state index contributed by atoms with van der Waals surface area (Å²) in [6.07, 6.45) is -3.47. The Kier molecular flexibility index (Phi) is 7.76. The molecule has 1 aliphatic rings. The fourth-order valence-corrected chi connectivity index (χ4v) is 4.07. The van der Waals surface area contributed by atoms with Gasteiger partial charge in [-0.2, -0.15) is 0 Å². The number of carbonyl (C=O) groups excluding carboxylic acids is 2. The summed E-state index contributed by atoms with van der Waals surface area (Å²) >= 11 is 6.02. The summed E-state index contributed by atoms with van der Waals surface area (Å²) in [4.78, 5) is 30.0. The second-order valence-electron chi connectivity index (χ2n) is 8.01. The fraction of sp³-hybridized carbons (Fsp3) is 0.333. The lowest BCUT2D eigenvalue weighted by Gasteiger charge is -2.27. The largest absolute Gasteiger partial charge is 0.388 e. The third-order valence-corrected chi connectivity index (χ3v) is 5.88. The highest BCUT2D eigenvalue weighted by Gasteiger charge is 2.38. The van der Waals surface area contributed by atoms with Gasteiger partial charge in [0.2, 0.25) is 0 Å². The van der Waals surface area contributed by atoms with E-state index in [4.69, 9.17) is 11.6 Å². The van der Waals surface area contributed by atoms with Crippen molar-refractivity contribution < 1.29 is 27.8 Å². The van der Waals surface area contributed by atoms with Crippen LogP contribution in [0.15, 0.2) is 54.6 Å². The van der Waals surface area contributed by atoms with Gasteiger partial charge >= 0.3 is 0 Å². The van der Waals surface area contributed by atoms with Crippen LogP contribution in [0, 0.1) is 0 Å². The molecule has 0 saturated carbocycles. The molecule has 0 unspecified atom stereocenters. The number of nitrogens with one attached hydrogen (secondary N) is 2. The summed E-state index contributed by atoms with van der Waals surface area (Å²) in [5.74, 6) is -1.14. The Morgan fingerprint density at radius 1 is 1.12 bits per heavy atom. The molecule has 2 amide bonds. The van der Waals surface area contributed by atoms with Gasteiger partial charge in [-0.1, -0.05) is 49.4 Å². The van der Waals surface area contributed by atoms with E-state index in [1.165, 1.54) is 4.90 Å². The molecule has 8 nitrogen and oxygen atoms in total. The Bertz CT molecular complexity index is 1120. The summed E-state index contributed by atoms with van der Waals surface area (Å²) in [7, 11) is 0. The fourth-order valence-electron chi connectivity index (χ4n) is 3.89. The molecule has 4 atom stereocenters. The Hall–Kier alpha value is -2.91. The van der Waals surface area contributed by atoms with Gasteiger partial charge in [0.1, 0.15) is 5.69 Å². The first kappa shape index (κ1) is 24.7. The van der Waals surface area contributed by atoms with Crippen molar-refractivity contribution in [1.82, 2.24) is 15.2 Å². The molecule has 0 bridgehead atoms. The number of benzene rings is 2. The number of halogens is 1. The molecule has 0 radical (unpaired) electrons. The van der Waals surface area contributed by atoms with Crippen molar-refractivity contribution >= 4 is 34.3 Å². The number of rotatable bonds is 6. The average molecular weight is 478 g/mol. The highest BCUT2D eigenvalue weighted by molar-refractivity contribution is 6.31. The Labute approximate surface area is 199 Å². The lowest BCUT2D eigenvalue weighted by atomic mass is 10.00. The summed E-state index contributed by atoms with van der Waals surface area (Å²) < 4.78 is 0. The molecule has 3 aromatic rings. The van der Waals surface area contributed by atoms with Crippen LogP contribution in [0.25, 0.3) is 10.9 Å². The van der Waals surface area contributed by atoms with E-state index in [0.29, 0.717) is 5.02 Å². The van der Waals surface area contributed by atoms with Crippen molar-refractivity contribution in [3.63, 3.8) is 0 Å². The number of nitrogens with zero attached hydrogens (tertiary/aromatic N) is 1. The number of aromatic amines is 1. The zero-order valence-electron chi connectivity index (χ0n) is 17.1. The van der Waals surface area contributed by atoms with Crippen molar-refractivity contribution in [2.24, 2.45) is 0 Å². The predicted molar refractivity (Wildman–Crippen MR) is 130 cm³/mol. The van der Waals surface area contributed by atoms with Gasteiger partial charge in [-0.05, 0) is 36.2 Å². The van der Waals surface area contributed by atoms with Gasteiger partial charge in [-0.25, -0.2) is 0 Å². The predicted octanol–water partition coefficient (Wildman–Crippen LogP) is 2.22. The highest BCUT2D eigenvalue weighted by Crippen LogP contribution is 2.21. The number of carbonyl (C=O) groups is 2. The van der Waals surface area contributed by atoms with Crippen molar-refractivity contribution in [1.29, 1.82) is 0 Å². The van der Waals surface area contributed by atoms with Crippen LogP contribution < -0.4 is 5.32 Å². The molecule has 9 heteroatoms. The van der Waals surface area contributed by atoms with E-state index in [0.717, 1.165) is 16.5 Å². The van der Waals surface area contributed by atoms with E-state index in [9.17, 15) is 24.9 Å². The van der Waals surface area contributed by atoms with Crippen molar-refractivity contribution in [2.45, 2.75) is 38.2 Å². The minimum Gasteiger partial charge on any atom is -0.388 e. The van der Waals surface area contributed by atoms with Crippen LogP contribution in [0.4, 0.5) is 0 Å². The Morgan fingerprint density at radius 2 is 1.79 bits per heavy atom. The smallest absolute Gasteiger partial charge is 0.268 e. The van der Waals surface area contributed by atoms with Crippen LogP contribution in [-0.2, 0) is 11.2 Å². The maximum Gasteiger partial charge on any atom is 0.268 e. The van der Waals surface area contributed by atoms with Gasteiger partial charge in [-0.15, -0.1) is 0 Å². The maximum atomic E-state index is 13.0. The van der Waals surface area contributed by atoms with Crippen LogP contribution in [0.2, 0.25) is 5.02 Å². The summed E-state index contributed by atoms with van der Waals surface area (Å²) in [6.45, 7) is -0.155. The Balaban J connectivity index is 0.00000204. The minimum atomic E-state index is -1.56. The van der Waals surface area contributed by atoms with E-state index >= 15 is 0 Å². The first-order valence-electron chi connectivity index (χ1n) is 10.3. The first-order valence-corrected chi connectivity index (χ1v) is 10.7. The number of amides is 2. The molecule has 0 aliphatic carbocycles. The molecule has 180 valence electrons. The van der Waals surface area contributed by atoms with Crippen LogP contribution in [0.5, 0.6) is 0 Å². The number of H-pyrrole nitrogens is 1. The standard InChI is InChI=1S/C23H24ClN3O5.CH4.2H2/c24-15-6-7-16-14(9-15)10-18(25-16)22(31)26-17(8-13-4-2-1-3-5-13)21(30)23(32)27-11-19(28)20(29)12-27;;;/h1-7,9-10,17,19-21,25,28-30H,8,11-12H2,(H,26,31);1H4;2*1H/t17-,19-,20+,21+;;;/m0.../s1. The summed E-state index contributed by atoms with van der Waals surface area (Å²) in [6, 6.07) is 15.1. The van der Waals surface area contributed by atoms with Crippen LogP contribution in [-0.4, -0.2) is 74.5 Å². The van der Waals surface area contributed by atoms with E-state index in [1.54, 1.807) is 24.3 Å². The van der Waals surface area contributed by atoms with Gasteiger partial charge < -0.3 is 30.5 Å².